The highest BCUT2D eigenvalue weighted by Gasteiger charge is 2.48. The predicted octanol–water partition coefficient (Wildman–Crippen LogP) is 1.22. The van der Waals surface area contributed by atoms with E-state index in [0.717, 1.165) is 38.5 Å². The maximum atomic E-state index is 13.1. The van der Waals surface area contributed by atoms with Gasteiger partial charge in [-0.05, 0) is 26.2 Å². The molecule has 1 aliphatic carbocycles. The molecule has 3 fully saturated rings. The van der Waals surface area contributed by atoms with Crippen LogP contribution in [0, 0.1) is 0 Å². The minimum absolute atomic E-state index is 0.0225. The molecule has 112 valence electrons. The molecule has 2 atom stereocenters. The molecular weight excluding hydrogens is 256 g/mol. The Morgan fingerprint density at radius 1 is 1.25 bits per heavy atom. The highest BCUT2D eigenvalue weighted by molar-refractivity contribution is 5.93. The molecule has 0 radical (unpaired) electrons. The van der Waals surface area contributed by atoms with E-state index >= 15 is 0 Å². The van der Waals surface area contributed by atoms with Crippen LogP contribution in [0.15, 0.2) is 0 Å². The summed E-state index contributed by atoms with van der Waals surface area (Å²) in [6.45, 7) is 3.27. The number of amides is 2. The summed E-state index contributed by atoms with van der Waals surface area (Å²) in [6, 6.07) is 0.133. The van der Waals surface area contributed by atoms with Crippen molar-refractivity contribution in [2.45, 2.75) is 69.6 Å². The van der Waals surface area contributed by atoms with Gasteiger partial charge in [0.05, 0.1) is 12.1 Å². The minimum atomic E-state index is -0.631. The lowest BCUT2D eigenvalue weighted by molar-refractivity contribution is -0.143. The van der Waals surface area contributed by atoms with Gasteiger partial charge in [0, 0.05) is 19.6 Å². The number of carbonyl (C=O) groups excluding carboxylic acids is 2. The topological polar surface area (TPSA) is 58.6 Å². The number of nitrogens with one attached hydrogen (secondary N) is 1. The Hall–Kier alpha value is -1.10. The summed E-state index contributed by atoms with van der Waals surface area (Å²) >= 11 is 0. The van der Waals surface area contributed by atoms with Gasteiger partial charge in [0.15, 0.2) is 0 Å². The number of hydrogen-bond donors (Lipinski definition) is 1. The summed E-state index contributed by atoms with van der Waals surface area (Å²) in [6.07, 6.45) is 6.16. The van der Waals surface area contributed by atoms with Crippen LogP contribution in [0.3, 0.4) is 0 Å². The fourth-order valence-electron chi connectivity index (χ4n) is 3.92. The second kappa shape index (κ2) is 5.35. The van der Waals surface area contributed by atoms with E-state index < -0.39 is 5.54 Å². The zero-order chi connectivity index (χ0) is 14.2. The minimum Gasteiger partial charge on any atom is -0.376 e. The third-order valence-electron chi connectivity index (χ3n) is 5.07. The number of nitrogens with zero attached hydrogens (tertiary/aromatic N) is 1. The highest BCUT2D eigenvalue weighted by Crippen LogP contribution is 2.33. The Kier molecular flexibility index (Phi) is 3.71. The molecule has 2 saturated heterocycles. The molecule has 0 bridgehead atoms. The quantitative estimate of drug-likeness (QED) is 0.785. The van der Waals surface area contributed by atoms with E-state index in [2.05, 4.69) is 5.32 Å². The first-order valence-electron chi connectivity index (χ1n) is 7.86. The summed E-state index contributed by atoms with van der Waals surface area (Å²) in [5, 5.41) is 3.04. The summed E-state index contributed by atoms with van der Waals surface area (Å²) in [7, 11) is 0. The van der Waals surface area contributed by atoms with Crippen molar-refractivity contribution in [1.82, 2.24) is 10.2 Å². The fraction of sp³-hybridized carbons (Fsp3) is 0.867. The van der Waals surface area contributed by atoms with Crippen LogP contribution in [-0.4, -0.2) is 47.6 Å². The van der Waals surface area contributed by atoms with Crippen molar-refractivity contribution in [2.75, 3.05) is 13.2 Å². The van der Waals surface area contributed by atoms with E-state index in [9.17, 15) is 9.59 Å². The molecule has 1 spiro atoms. The van der Waals surface area contributed by atoms with Crippen LogP contribution >= 0.6 is 0 Å². The monoisotopic (exact) mass is 280 g/mol. The molecule has 3 aliphatic rings. The first kappa shape index (κ1) is 13.9. The average Bonchev–Trinajstić information content (AvgIpc) is 2.81. The van der Waals surface area contributed by atoms with Crippen molar-refractivity contribution >= 4 is 11.8 Å². The lowest BCUT2D eigenvalue weighted by Gasteiger charge is -2.40. The van der Waals surface area contributed by atoms with Gasteiger partial charge in [0.1, 0.15) is 5.54 Å². The van der Waals surface area contributed by atoms with Crippen molar-refractivity contribution in [2.24, 2.45) is 0 Å². The lowest BCUT2D eigenvalue weighted by atomic mass is 9.80. The summed E-state index contributed by atoms with van der Waals surface area (Å²) in [5.41, 5.74) is -0.631. The SMILES string of the molecule is CC1OCCC1N1CCC(=O)NC2(CCCCC2)C1=O. The predicted molar refractivity (Wildman–Crippen MR) is 74.1 cm³/mol. The molecule has 1 N–H and O–H groups in total. The van der Waals surface area contributed by atoms with Gasteiger partial charge in [-0.2, -0.15) is 0 Å². The van der Waals surface area contributed by atoms with Gasteiger partial charge in [0.25, 0.3) is 0 Å². The van der Waals surface area contributed by atoms with E-state index in [-0.39, 0.29) is 24.0 Å². The Morgan fingerprint density at radius 2 is 2.00 bits per heavy atom. The lowest BCUT2D eigenvalue weighted by Crippen LogP contribution is -2.60. The molecule has 0 aromatic rings. The second-order valence-corrected chi connectivity index (χ2v) is 6.37. The Bertz CT molecular complexity index is 404. The highest BCUT2D eigenvalue weighted by atomic mass is 16.5. The van der Waals surface area contributed by atoms with Gasteiger partial charge < -0.3 is 15.0 Å². The molecule has 3 rings (SSSR count). The maximum Gasteiger partial charge on any atom is 0.248 e. The van der Waals surface area contributed by atoms with Crippen molar-refractivity contribution < 1.29 is 14.3 Å². The largest absolute Gasteiger partial charge is 0.376 e. The molecule has 5 nitrogen and oxygen atoms in total. The number of carbonyl (C=O) groups is 2. The van der Waals surface area contributed by atoms with E-state index in [0.29, 0.717) is 19.6 Å². The van der Waals surface area contributed by atoms with Gasteiger partial charge in [-0.15, -0.1) is 0 Å². The van der Waals surface area contributed by atoms with Gasteiger partial charge in [-0.25, -0.2) is 0 Å². The van der Waals surface area contributed by atoms with Crippen LogP contribution in [0.4, 0.5) is 0 Å². The Labute approximate surface area is 120 Å². The molecule has 1 saturated carbocycles. The van der Waals surface area contributed by atoms with Crippen molar-refractivity contribution in [3.05, 3.63) is 0 Å². The molecule has 20 heavy (non-hydrogen) atoms. The number of hydrogen-bond acceptors (Lipinski definition) is 3. The van der Waals surface area contributed by atoms with Gasteiger partial charge in [0.2, 0.25) is 11.8 Å². The van der Waals surface area contributed by atoms with Crippen LogP contribution in [0.5, 0.6) is 0 Å². The zero-order valence-electron chi connectivity index (χ0n) is 12.2. The summed E-state index contributed by atoms with van der Waals surface area (Å²) in [5.74, 6) is 0.153. The van der Waals surface area contributed by atoms with Gasteiger partial charge in [-0.3, -0.25) is 9.59 Å². The molecule has 5 heteroatoms. The van der Waals surface area contributed by atoms with E-state index in [1.807, 2.05) is 11.8 Å². The Balaban J connectivity index is 1.87. The van der Waals surface area contributed by atoms with Crippen molar-refractivity contribution in [3.63, 3.8) is 0 Å². The second-order valence-electron chi connectivity index (χ2n) is 6.37. The molecule has 2 unspecified atom stereocenters. The van der Waals surface area contributed by atoms with Crippen LogP contribution in [-0.2, 0) is 14.3 Å². The maximum absolute atomic E-state index is 13.1. The molecule has 2 heterocycles. The average molecular weight is 280 g/mol. The Morgan fingerprint density at radius 3 is 2.65 bits per heavy atom. The first-order valence-corrected chi connectivity index (χ1v) is 7.86. The third-order valence-corrected chi connectivity index (χ3v) is 5.07. The molecule has 2 aliphatic heterocycles. The fourth-order valence-corrected chi connectivity index (χ4v) is 3.92. The van der Waals surface area contributed by atoms with Gasteiger partial charge >= 0.3 is 0 Å². The van der Waals surface area contributed by atoms with Crippen molar-refractivity contribution in [1.29, 1.82) is 0 Å². The van der Waals surface area contributed by atoms with Crippen molar-refractivity contribution in [3.8, 4) is 0 Å². The van der Waals surface area contributed by atoms with E-state index in [1.165, 1.54) is 0 Å². The standard InChI is InChI=1S/C15H24N2O3/c1-11-12(6-10-20-11)17-9-5-13(18)16-15(14(17)19)7-3-2-4-8-15/h11-12H,2-10H2,1H3,(H,16,18). The van der Waals surface area contributed by atoms with Crippen LogP contribution in [0.1, 0.15) is 51.9 Å². The number of ether oxygens (including phenoxy) is 1. The van der Waals surface area contributed by atoms with Gasteiger partial charge in [-0.1, -0.05) is 19.3 Å². The van der Waals surface area contributed by atoms with E-state index in [1.54, 1.807) is 0 Å². The molecular formula is C15H24N2O3. The molecule has 2 amide bonds. The first-order chi connectivity index (χ1) is 9.62. The summed E-state index contributed by atoms with van der Waals surface area (Å²) < 4.78 is 5.61. The zero-order valence-corrected chi connectivity index (χ0v) is 12.2. The normalized spacial score (nSPS) is 34.1. The summed E-state index contributed by atoms with van der Waals surface area (Å²) in [4.78, 5) is 27.0. The van der Waals surface area contributed by atoms with Crippen LogP contribution in [0.25, 0.3) is 0 Å². The molecule has 0 aromatic heterocycles. The van der Waals surface area contributed by atoms with Crippen LogP contribution in [0.2, 0.25) is 0 Å². The molecule has 0 aromatic carbocycles. The third kappa shape index (κ3) is 2.32. The number of rotatable bonds is 1. The van der Waals surface area contributed by atoms with Crippen LogP contribution < -0.4 is 5.32 Å². The van der Waals surface area contributed by atoms with E-state index in [4.69, 9.17) is 4.74 Å². The smallest absolute Gasteiger partial charge is 0.248 e.